The Morgan fingerprint density at radius 2 is 2.16 bits per heavy atom. The second kappa shape index (κ2) is 4.78. The molecule has 0 aromatic heterocycles. The van der Waals surface area contributed by atoms with Crippen molar-refractivity contribution in [2.24, 2.45) is 5.92 Å². The number of aliphatic hydroxyl groups excluding tert-OH is 1. The number of aliphatic hydroxyl groups is 1. The zero-order valence-corrected chi connectivity index (χ0v) is 11.4. The highest BCUT2D eigenvalue weighted by Gasteiger charge is 2.41. The molecule has 1 aromatic rings. The molecule has 19 heavy (non-hydrogen) atoms. The van der Waals surface area contributed by atoms with E-state index in [4.69, 9.17) is 4.74 Å². The summed E-state index contributed by atoms with van der Waals surface area (Å²) in [5, 5.41) is 10.3. The van der Waals surface area contributed by atoms with Crippen LogP contribution in [0.4, 0.5) is 4.39 Å². The molecular weight excluding hydrogens is 243 g/mol. The van der Waals surface area contributed by atoms with Crippen molar-refractivity contribution >= 4 is 0 Å². The number of rotatable bonds is 0. The van der Waals surface area contributed by atoms with Crippen molar-refractivity contribution in [2.45, 2.75) is 57.2 Å². The molecule has 0 radical (unpaired) electrons. The van der Waals surface area contributed by atoms with Crippen LogP contribution >= 0.6 is 0 Å². The van der Waals surface area contributed by atoms with Crippen LogP contribution in [0.3, 0.4) is 0 Å². The molecule has 1 N–H and O–H groups in total. The first-order valence-corrected chi connectivity index (χ1v) is 7.24. The summed E-state index contributed by atoms with van der Waals surface area (Å²) in [6.45, 7) is 2.27. The first-order valence-electron chi connectivity index (χ1n) is 7.24. The van der Waals surface area contributed by atoms with Gasteiger partial charge in [-0.3, -0.25) is 0 Å². The zero-order chi connectivity index (χ0) is 13.5. The fraction of sp³-hybridized carbons (Fsp3) is 0.625. The summed E-state index contributed by atoms with van der Waals surface area (Å²) in [6.07, 6.45) is 5.49. The van der Waals surface area contributed by atoms with Crippen LogP contribution in [-0.4, -0.2) is 10.7 Å². The molecule has 3 atom stereocenters. The highest BCUT2D eigenvalue weighted by Crippen LogP contribution is 2.46. The van der Waals surface area contributed by atoms with Crippen LogP contribution in [-0.2, 0) is 0 Å². The fourth-order valence-corrected chi connectivity index (χ4v) is 3.47. The summed E-state index contributed by atoms with van der Waals surface area (Å²) in [5.74, 6) is 0.951. The van der Waals surface area contributed by atoms with E-state index in [2.05, 4.69) is 6.92 Å². The van der Waals surface area contributed by atoms with Gasteiger partial charge in [-0.25, -0.2) is 4.39 Å². The molecule has 1 aliphatic carbocycles. The van der Waals surface area contributed by atoms with Gasteiger partial charge in [0.1, 0.15) is 17.2 Å². The quantitative estimate of drug-likeness (QED) is 0.768. The van der Waals surface area contributed by atoms with E-state index in [0.717, 1.165) is 31.2 Å². The van der Waals surface area contributed by atoms with Gasteiger partial charge in [0, 0.05) is 18.1 Å². The van der Waals surface area contributed by atoms with Crippen LogP contribution in [0.25, 0.3) is 0 Å². The maximum Gasteiger partial charge on any atom is 0.128 e. The minimum absolute atomic E-state index is 0.287. The Morgan fingerprint density at radius 1 is 1.32 bits per heavy atom. The zero-order valence-electron chi connectivity index (χ0n) is 11.4. The molecule has 2 aliphatic rings. The largest absolute Gasteiger partial charge is 0.487 e. The van der Waals surface area contributed by atoms with Gasteiger partial charge in [0.05, 0.1) is 6.10 Å². The van der Waals surface area contributed by atoms with E-state index >= 15 is 0 Å². The third kappa shape index (κ3) is 2.48. The van der Waals surface area contributed by atoms with Gasteiger partial charge in [-0.1, -0.05) is 13.3 Å². The molecule has 1 fully saturated rings. The molecule has 1 aromatic carbocycles. The molecule has 104 valence electrons. The van der Waals surface area contributed by atoms with Crippen LogP contribution in [0.2, 0.25) is 0 Å². The van der Waals surface area contributed by atoms with Crippen molar-refractivity contribution in [2.75, 3.05) is 0 Å². The first-order chi connectivity index (χ1) is 9.08. The fourth-order valence-electron chi connectivity index (χ4n) is 3.47. The average Bonchev–Trinajstić information content (AvgIpc) is 2.52. The van der Waals surface area contributed by atoms with E-state index in [9.17, 15) is 9.50 Å². The minimum atomic E-state index is -0.530. The summed E-state index contributed by atoms with van der Waals surface area (Å²) in [7, 11) is 0. The Kier molecular flexibility index (Phi) is 3.25. The molecule has 1 aliphatic heterocycles. The van der Waals surface area contributed by atoms with Crippen molar-refractivity contribution in [3.63, 3.8) is 0 Å². The first kappa shape index (κ1) is 12.9. The Morgan fingerprint density at radius 3 is 3.00 bits per heavy atom. The maximum atomic E-state index is 13.4. The van der Waals surface area contributed by atoms with Crippen molar-refractivity contribution < 1.29 is 14.2 Å². The van der Waals surface area contributed by atoms with Crippen LogP contribution in [0, 0.1) is 11.7 Å². The molecule has 1 heterocycles. The SMILES string of the molecule is CC1CCCC2(CC1)C[C@@H](O)c1ccc(F)cc1O2. The topological polar surface area (TPSA) is 29.5 Å². The van der Waals surface area contributed by atoms with Crippen LogP contribution < -0.4 is 4.74 Å². The average molecular weight is 264 g/mol. The number of ether oxygens (including phenoxy) is 1. The molecule has 0 amide bonds. The van der Waals surface area contributed by atoms with Crippen molar-refractivity contribution in [1.82, 2.24) is 0 Å². The lowest BCUT2D eigenvalue weighted by Crippen LogP contribution is -2.40. The van der Waals surface area contributed by atoms with Crippen molar-refractivity contribution in [3.05, 3.63) is 29.6 Å². The highest BCUT2D eigenvalue weighted by atomic mass is 19.1. The molecule has 1 saturated carbocycles. The summed E-state index contributed by atoms with van der Waals surface area (Å²) in [6, 6.07) is 4.44. The van der Waals surface area contributed by atoms with Crippen molar-refractivity contribution in [3.8, 4) is 5.75 Å². The minimum Gasteiger partial charge on any atom is -0.487 e. The van der Waals surface area contributed by atoms with Gasteiger partial charge in [-0.2, -0.15) is 0 Å². The standard InChI is InChI=1S/C16H21FO2/c1-11-3-2-7-16(8-6-11)10-14(18)13-5-4-12(17)9-15(13)19-16/h4-5,9,11,14,18H,2-3,6-8,10H2,1H3/t11?,14-,16?/m1/s1. The van der Waals surface area contributed by atoms with Crippen LogP contribution in [0.1, 0.15) is 57.1 Å². The van der Waals surface area contributed by atoms with E-state index in [1.165, 1.54) is 18.6 Å². The molecule has 0 saturated heterocycles. The van der Waals surface area contributed by atoms with Gasteiger partial charge >= 0.3 is 0 Å². The number of hydrogen-bond acceptors (Lipinski definition) is 2. The molecule has 0 bridgehead atoms. The lowest BCUT2D eigenvalue weighted by Gasteiger charge is -2.40. The second-order valence-corrected chi connectivity index (χ2v) is 6.22. The van der Waals surface area contributed by atoms with Gasteiger partial charge < -0.3 is 9.84 Å². The number of halogens is 1. The Bertz CT molecular complexity index is 474. The van der Waals surface area contributed by atoms with Gasteiger partial charge in [0.25, 0.3) is 0 Å². The summed E-state index contributed by atoms with van der Waals surface area (Å²) >= 11 is 0. The normalized spacial score (nSPS) is 34.5. The predicted molar refractivity (Wildman–Crippen MR) is 71.6 cm³/mol. The molecule has 1 spiro atoms. The van der Waals surface area contributed by atoms with E-state index in [-0.39, 0.29) is 11.4 Å². The third-order valence-corrected chi connectivity index (χ3v) is 4.65. The van der Waals surface area contributed by atoms with Crippen molar-refractivity contribution in [1.29, 1.82) is 0 Å². The lowest BCUT2D eigenvalue weighted by molar-refractivity contribution is -0.0252. The van der Waals surface area contributed by atoms with Gasteiger partial charge in [0.15, 0.2) is 0 Å². The van der Waals surface area contributed by atoms with Crippen LogP contribution in [0.5, 0.6) is 5.75 Å². The maximum absolute atomic E-state index is 13.4. The number of benzene rings is 1. The Balaban J connectivity index is 1.90. The summed E-state index contributed by atoms with van der Waals surface area (Å²) < 4.78 is 19.5. The van der Waals surface area contributed by atoms with E-state index in [1.807, 2.05) is 0 Å². The molecule has 3 heteroatoms. The molecular formula is C16H21FO2. The highest BCUT2D eigenvalue weighted by molar-refractivity contribution is 5.38. The smallest absolute Gasteiger partial charge is 0.128 e. The summed E-state index contributed by atoms with van der Waals surface area (Å²) in [4.78, 5) is 0. The lowest BCUT2D eigenvalue weighted by atomic mass is 9.83. The molecule has 2 nitrogen and oxygen atoms in total. The number of hydrogen-bond donors (Lipinski definition) is 1. The number of fused-ring (bicyclic) bond motifs is 1. The monoisotopic (exact) mass is 264 g/mol. The molecule has 2 unspecified atom stereocenters. The third-order valence-electron chi connectivity index (χ3n) is 4.65. The van der Waals surface area contributed by atoms with E-state index < -0.39 is 6.10 Å². The van der Waals surface area contributed by atoms with E-state index in [1.54, 1.807) is 6.07 Å². The molecule has 3 rings (SSSR count). The van der Waals surface area contributed by atoms with Gasteiger partial charge in [0.2, 0.25) is 0 Å². The van der Waals surface area contributed by atoms with E-state index in [0.29, 0.717) is 18.1 Å². The van der Waals surface area contributed by atoms with Gasteiger partial charge in [-0.15, -0.1) is 0 Å². The Labute approximate surface area is 113 Å². The predicted octanol–water partition coefficient (Wildman–Crippen LogP) is 3.98. The second-order valence-electron chi connectivity index (χ2n) is 6.22. The van der Waals surface area contributed by atoms with Crippen LogP contribution in [0.15, 0.2) is 18.2 Å². The van der Waals surface area contributed by atoms with Gasteiger partial charge in [-0.05, 0) is 43.7 Å². The Hall–Kier alpha value is -1.09. The summed E-state index contributed by atoms with van der Waals surface area (Å²) in [5.41, 5.74) is 0.439.